The quantitative estimate of drug-likeness (QED) is 0.331. The predicted octanol–water partition coefficient (Wildman–Crippen LogP) is 6.58. The molecule has 0 bridgehead atoms. The largest absolute Gasteiger partial charge is 0.457 e. The average Bonchev–Trinajstić information content (AvgIpc) is 2.83. The van der Waals surface area contributed by atoms with E-state index in [0.717, 1.165) is 5.56 Å². The summed E-state index contributed by atoms with van der Waals surface area (Å²) in [6, 6.07) is 30.3. The van der Waals surface area contributed by atoms with Gasteiger partial charge >= 0.3 is 0 Å². The number of hydrogen-bond acceptors (Lipinski definition) is 3. The van der Waals surface area contributed by atoms with E-state index in [1.807, 2.05) is 42.5 Å². The minimum absolute atomic E-state index is 0.152. The lowest BCUT2D eigenvalue weighted by Crippen LogP contribution is -2.21. The Balaban J connectivity index is 1.47. The van der Waals surface area contributed by atoms with Gasteiger partial charge in [0, 0.05) is 22.1 Å². The fourth-order valence-electron chi connectivity index (χ4n) is 4.29. The Morgan fingerprint density at radius 3 is 1.81 bits per heavy atom. The summed E-state index contributed by atoms with van der Waals surface area (Å²) in [5.41, 5.74) is 3.80. The highest BCUT2D eigenvalue weighted by Gasteiger charge is 2.32. The molecular weight excluding hydrogens is 396 g/mol. The van der Waals surface area contributed by atoms with Crippen molar-refractivity contribution < 1.29 is 14.3 Å². The van der Waals surface area contributed by atoms with Gasteiger partial charge in [0.1, 0.15) is 11.5 Å². The van der Waals surface area contributed by atoms with Gasteiger partial charge in [-0.3, -0.25) is 9.59 Å². The van der Waals surface area contributed by atoms with E-state index >= 15 is 0 Å². The first-order chi connectivity index (χ1) is 15.5. The zero-order valence-corrected chi connectivity index (χ0v) is 18.0. The Morgan fingerprint density at radius 1 is 0.562 bits per heavy atom. The lowest BCUT2D eigenvalue weighted by molar-refractivity contribution is 0.0977. The third-order valence-electron chi connectivity index (χ3n) is 6.21. The summed E-state index contributed by atoms with van der Waals surface area (Å²) in [5, 5.41) is 0. The van der Waals surface area contributed by atoms with Crippen LogP contribution < -0.4 is 4.74 Å². The summed E-state index contributed by atoms with van der Waals surface area (Å²) in [7, 11) is 0. The van der Waals surface area contributed by atoms with E-state index < -0.39 is 0 Å². The second kappa shape index (κ2) is 7.61. The van der Waals surface area contributed by atoms with Crippen LogP contribution in [0.3, 0.4) is 0 Å². The number of carbonyl (C=O) groups excluding carboxylic acids is 2. The molecule has 0 unspecified atom stereocenters. The molecular formula is C29H22O3. The van der Waals surface area contributed by atoms with Crippen molar-refractivity contribution in [1.29, 1.82) is 0 Å². The van der Waals surface area contributed by atoms with E-state index in [1.165, 1.54) is 5.56 Å². The molecule has 1 aliphatic carbocycles. The SMILES string of the molecule is CC(C)(c1ccccc1)c1ccc(Oc2cccc3c2C(=O)c2ccccc2C3=O)cc1. The summed E-state index contributed by atoms with van der Waals surface area (Å²) < 4.78 is 6.11. The molecule has 5 rings (SSSR count). The van der Waals surface area contributed by atoms with Crippen molar-refractivity contribution >= 4 is 11.6 Å². The third kappa shape index (κ3) is 3.23. The third-order valence-corrected chi connectivity index (χ3v) is 6.21. The number of carbonyl (C=O) groups is 2. The monoisotopic (exact) mass is 418 g/mol. The summed E-state index contributed by atoms with van der Waals surface area (Å²) in [6.45, 7) is 4.38. The van der Waals surface area contributed by atoms with Crippen LogP contribution in [0.1, 0.15) is 56.8 Å². The standard InChI is InChI=1S/C29H22O3/c1-29(2,19-9-4-3-5-10-19)20-15-17-21(18-16-20)32-25-14-8-13-24-26(25)28(31)23-12-7-6-11-22(23)27(24)30/h3-18H,1-2H3. The maximum Gasteiger partial charge on any atom is 0.198 e. The van der Waals surface area contributed by atoms with E-state index in [1.54, 1.807) is 42.5 Å². The van der Waals surface area contributed by atoms with Crippen LogP contribution in [0.5, 0.6) is 11.5 Å². The van der Waals surface area contributed by atoms with Crippen molar-refractivity contribution in [3.63, 3.8) is 0 Å². The van der Waals surface area contributed by atoms with Crippen molar-refractivity contribution in [2.75, 3.05) is 0 Å². The van der Waals surface area contributed by atoms with E-state index in [2.05, 4.69) is 26.0 Å². The fourth-order valence-corrected chi connectivity index (χ4v) is 4.29. The normalized spacial score (nSPS) is 12.8. The van der Waals surface area contributed by atoms with Crippen LogP contribution in [0.25, 0.3) is 0 Å². The van der Waals surface area contributed by atoms with E-state index in [0.29, 0.717) is 33.8 Å². The van der Waals surface area contributed by atoms with Gasteiger partial charge in [-0.15, -0.1) is 0 Å². The number of fused-ring (bicyclic) bond motifs is 2. The Morgan fingerprint density at radius 2 is 1.12 bits per heavy atom. The van der Waals surface area contributed by atoms with E-state index in [-0.39, 0.29) is 17.0 Å². The number of rotatable bonds is 4. The van der Waals surface area contributed by atoms with Gasteiger partial charge < -0.3 is 4.74 Å². The number of ketones is 2. The van der Waals surface area contributed by atoms with Gasteiger partial charge in [-0.1, -0.05) is 92.7 Å². The molecule has 0 saturated heterocycles. The number of ether oxygens (including phenoxy) is 1. The molecule has 0 N–H and O–H groups in total. The smallest absolute Gasteiger partial charge is 0.198 e. The minimum atomic E-state index is -0.187. The Hall–Kier alpha value is -3.98. The molecule has 3 heteroatoms. The molecule has 0 aliphatic heterocycles. The van der Waals surface area contributed by atoms with Gasteiger partial charge in [0.05, 0.1) is 5.56 Å². The Kier molecular flexibility index (Phi) is 4.75. The topological polar surface area (TPSA) is 43.4 Å². The van der Waals surface area contributed by atoms with Crippen LogP contribution in [0, 0.1) is 0 Å². The van der Waals surface area contributed by atoms with Crippen molar-refractivity contribution in [3.8, 4) is 11.5 Å². The van der Waals surface area contributed by atoms with Gasteiger partial charge in [-0.2, -0.15) is 0 Å². The number of hydrogen-bond donors (Lipinski definition) is 0. The molecule has 0 radical (unpaired) electrons. The van der Waals surface area contributed by atoms with Gasteiger partial charge in [0.15, 0.2) is 11.6 Å². The van der Waals surface area contributed by atoms with Gasteiger partial charge in [-0.05, 0) is 29.3 Å². The molecule has 0 atom stereocenters. The summed E-state index contributed by atoms with van der Waals surface area (Å²) in [5.74, 6) is 0.670. The van der Waals surface area contributed by atoms with Crippen molar-refractivity contribution in [1.82, 2.24) is 0 Å². The highest BCUT2D eigenvalue weighted by molar-refractivity contribution is 6.29. The first kappa shape index (κ1) is 20.0. The highest BCUT2D eigenvalue weighted by atomic mass is 16.5. The molecule has 3 nitrogen and oxygen atoms in total. The van der Waals surface area contributed by atoms with Crippen LogP contribution in [-0.2, 0) is 5.41 Å². The molecule has 0 spiro atoms. The summed E-state index contributed by atoms with van der Waals surface area (Å²) in [6.07, 6.45) is 0. The predicted molar refractivity (Wildman–Crippen MR) is 125 cm³/mol. The molecule has 0 aromatic heterocycles. The zero-order valence-electron chi connectivity index (χ0n) is 18.0. The van der Waals surface area contributed by atoms with Crippen LogP contribution in [0.2, 0.25) is 0 Å². The first-order valence-electron chi connectivity index (χ1n) is 10.6. The molecule has 0 saturated carbocycles. The van der Waals surface area contributed by atoms with Crippen LogP contribution in [0.4, 0.5) is 0 Å². The fraction of sp³-hybridized carbons (Fsp3) is 0.103. The second-order valence-electron chi connectivity index (χ2n) is 8.50. The van der Waals surface area contributed by atoms with Gasteiger partial charge in [-0.25, -0.2) is 0 Å². The van der Waals surface area contributed by atoms with Gasteiger partial charge in [0.2, 0.25) is 0 Å². The molecule has 156 valence electrons. The van der Waals surface area contributed by atoms with Crippen LogP contribution >= 0.6 is 0 Å². The highest BCUT2D eigenvalue weighted by Crippen LogP contribution is 2.37. The van der Waals surface area contributed by atoms with Crippen molar-refractivity contribution in [2.45, 2.75) is 19.3 Å². The Bertz CT molecular complexity index is 1330. The molecule has 0 heterocycles. The van der Waals surface area contributed by atoms with Crippen LogP contribution in [-0.4, -0.2) is 11.6 Å². The zero-order chi connectivity index (χ0) is 22.3. The van der Waals surface area contributed by atoms with Gasteiger partial charge in [0.25, 0.3) is 0 Å². The molecule has 4 aromatic carbocycles. The maximum absolute atomic E-state index is 13.2. The molecule has 1 aliphatic rings. The lowest BCUT2D eigenvalue weighted by atomic mass is 9.78. The molecule has 0 amide bonds. The van der Waals surface area contributed by atoms with E-state index in [4.69, 9.17) is 4.74 Å². The summed E-state index contributed by atoms with van der Waals surface area (Å²) in [4.78, 5) is 26.1. The van der Waals surface area contributed by atoms with E-state index in [9.17, 15) is 9.59 Å². The molecule has 32 heavy (non-hydrogen) atoms. The molecule has 4 aromatic rings. The summed E-state index contributed by atoms with van der Waals surface area (Å²) >= 11 is 0. The number of benzene rings is 4. The average molecular weight is 418 g/mol. The first-order valence-corrected chi connectivity index (χ1v) is 10.6. The second-order valence-corrected chi connectivity index (χ2v) is 8.50. The van der Waals surface area contributed by atoms with Crippen molar-refractivity contribution in [3.05, 3.63) is 130 Å². The minimum Gasteiger partial charge on any atom is -0.457 e. The van der Waals surface area contributed by atoms with Crippen LogP contribution in [0.15, 0.2) is 97.1 Å². The molecule has 0 fully saturated rings. The Labute approximate surface area is 187 Å². The van der Waals surface area contributed by atoms with Crippen molar-refractivity contribution in [2.24, 2.45) is 0 Å². The lowest BCUT2D eigenvalue weighted by Gasteiger charge is -2.26. The maximum atomic E-state index is 13.2.